The third kappa shape index (κ3) is 5.85. The highest BCUT2D eigenvalue weighted by atomic mass is 32.2. The molecule has 1 aliphatic heterocycles. The molecule has 39 heavy (non-hydrogen) atoms. The van der Waals surface area contributed by atoms with Gasteiger partial charge < -0.3 is 4.74 Å². The number of hydrazone groups is 1. The second kappa shape index (κ2) is 11.2. The number of fused-ring (bicyclic) bond motifs is 1. The first kappa shape index (κ1) is 26.9. The van der Waals surface area contributed by atoms with Crippen molar-refractivity contribution in [1.29, 1.82) is 0 Å². The van der Waals surface area contributed by atoms with E-state index in [0.717, 1.165) is 22.6 Å². The summed E-state index contributed by atoms with van der Waals surface area (Å²) in [4.78, 5) is 18.4. The summed E-state index contributed by atoms with van der Waals surface area (Å²) in [6, 6.07) is 17.0. The Morgan fingerprint density at radius 3 is 2.46 bits per heavy atom. The number of benzene rings is 3. The van der Waals surface area contributed by atoms with Gasteiger partial charge in [0, 0.05) is 18.7 Å². The van der Waals surface area contributed by atoms with E-state index in [1.165, 1.54) is 58.3 Å². The van der Waals surface area contributed by atoms with Crippen LogP contribution in [0.25, 0.3) is 10.2 Å². The highest BCUT2D eigenvalue weighted by Gasteiger charge is 2.29. The molecular weight excluding hydrogens is 539 g/mol. The standard InChI is InChI=1S/C28H27FN4O4S2/c1-19-13-15-32(16-14-19)39(35,36)24-10-5-21(6-11-24)27(34)33(30-18-20-3-7-22(29)8-4-20)28-31-25-12-9-23(37-2)17-26(25)38-28/h3-12,17-19H,13-16H2,1-2H3/b30-18+. The number of ether oxygens (including phenoxy) is 1. The van der Waals surface area contributed by atoms with Crippen molar-refractivity contribution in [2.45, 2.75) is 24.7 Å². The molecule has 202 valence electrons. The van der Waals surface area contributed by atoms with E-state index < -0.39 is 15.9 Å². The number of piperidine rings is 1. The fraction of sp³-hybridized carbons (Fsp3) is 0.250. The number of hydrogen-bond acceptors (Lipinski definition) is 7. The van der Waals surface area contributed by atoms with Gasteiger partial charge in [0.05, 0.1) is 28.4 Å². The molecule has 8 nitrogen and oxygen atoms in total. The van der Waals surface area contributed by atoms with Gasteiger partial charge in [0.25, 0.3) is 5.91 Å². The third-order valence-electron chi connectivity index (χ3n) is 6.63. The molecule has 0 N–H and O–H groups in total. The molecule has 0 bridgehead atoms. The Bertz CT molecular complexity index is 1610. The maximum atomic E-state index is 13.7. The monoisotopic (exact) mass is 566 g/mol. The zero-order valence-corrected chi connectivity index (χ0v) is 23.1. The van der Waals surface area contributed by atoms with Crippen LogP contribution >= 0.6 is 11.3 Å². The lowest BCUT2D eigenvalue weighted by Crippen LogP contribution is -2.37. The Labute approximate surface area is 230 Å². The van der Waals surface area contributed by atoms with Crippen molar-refractivity contribution in [3.8, 4) is 5.75 Å². The summed E-state index contributed by atoms with van der Waals surface area (Å²) < 4.78 is 47.2. The van der Waals surface area contributed by atoms with Crippen molar-refractivity contribution < 1.29 is 22.3 Å². The number of anilines is 1. The van der Waals surface area contributed by atoms with Crippen LogP contribution in [-0.2, 0) is 10.0 Å². The van der Waals surface area contributed by atoms with E-state index in [2.05, 4.69) is 17.0 Å². The molecule has 0 aliphatic carbocycles. The summed E-state index contributed by atoms with van der Waals surface area (Å²) in [6.45, 7) is 3.09. The fourth-order valence-electron chi connectivity index (χ4n) is 4.24. The topological polar surface area (TPSA) is 92.2 Å². The van der Waals surface area contributed by atoms with Crippen LogP contribution < -0.4 is 9.75 Å². The average molecular weight is 567 g/mol. The van der Waals surface area contributed by atoms with Crippen molar-refractivity contribution in [3.63, 3.8) is 0 Å². The van der Waals surface area contributed by atoms with Crippen LogP contribution in [0.1, 0.15) is 35.7 Å². The number of carbonyl (C=O) groups is 1. The number of sulfonamides is 1. The summed E-state index contributed by atoms with van der Waals surface area (Å²) in [5.74, 6) is 0.288. The van der Waals surface area contributed by atoms with Gasteiger partial charge in [-0.25, -0.2) is 17.8 Å². The second-order valence-corrected chi connectivity index (χ2v) is 12.3. The zero-order valence-electron chi connectivity index (χ0n) is 21.5. The van der Waals surface area contributed by atoms with Crippen LogP contribution in [0.5, 0.6) is 5.75 Å². The minimum absolute atomic E-state index is 0.141. The number of amides is 1. The van der Waals surface area contributed by atoms with Gasteiger partial charge in [0.2, 0.25) is 15.2 Å². The molecule has 4 aromatic rings. The molecule has 1 aliphatic rings. The first-order valence-corrected chi connectivity index (χ1v) is 14.7. The lowest BCUT2D eigenvalue weighted by molar-refractivity contribution is 0.0987. The molecule has 11 heteroatoms. The molecular formula is C28H27FN4O4S2. The van der Waals surface area contributed by atoms with E-state index in [9.17, 15) is 17.6 Å². The van der Waals surface area contributed by atoms with Crippen LogP contribution in [0.2, 0.25) is 0 Å². The average Bonchev–Trinajstić information content (AvgIpc) is 3.37. The van der Waals surface area contributed by atoms with Crippen molar-refractivity contribution in [2.24, 2.45) is 11.0 Å². The van der Waals surface area contributed by atoms with Crippen LogP contribution in [-0.4, -0.2) is 50.0 Å². The first-order chi connectivity index (χ1) is 18.7. The van der Waals surface area contributed by atoms with Crippen LogP contribution in [0.4, 0.5) is 9.52 Å². The predicted molar refractivity (Wildman–Crippen MR) is 151 cm³/mol. The zero-order chi connectivity index (χ0) is 27.6. The van der Waals surface area contributed by atoms with Crippen LogP contribution in [0.15, 0.2) is 76.7 Å². The van der Waals surface area contributed by atoms with Gasteiger partial charge in [-0.3, -0.25) is 4.79 Å². The van der Waals surface area contributed by atoms with Gasteiger partial charge >= 0.3 is 0 Å². The summed E-state index contributed by atoms with van der Waals surface area (Å²) in [5.41, 5.74) is 1.51. The van der Waals surface area contributed by atoms with Gasteiger partial charge in [-0.15, -0.1) is 0 Å². The largest absolute Gasteiger partial charge is 0.497 e. The number of nitrogens with zero attached hydrogens (tertiary/aromatic N) is 4. The fourth-order valence-corrected chi connectivity index (χ4v) is 6.66. The van der Waals surface area contributed by atoms with E-state index in [1.807, 2.05) is 6.07 Å². The Balaban J connectivity index is 1.46. The molecule has 1 amide bonds. The minimum Gasteiger partial charge on any atom is -0.497 e. The number of carbonyl (C=O) groups excluding carboxylic acids is 1. The smallest absolute Gasteiger partial charge is 0.280 e. The predicted octanol–water partition coefficient (Wildman–Crippen LogP) is 5.55. The van der Waals surface area contributed by atoms with Gasteiger partial charge in [-0.2, -0.15) is 14.4 Å². The SMILES string of the molecule is COc1ccc2nc(N(/N=C/c3ccc(F)cc3)C(=O)c3ccc(S(=O)(=O)N4CCC(C)CC4)cc3)sc2c1. The van der Waals surface area contributed by atoms with E-state index in [-0.39, 0.29) is 16.3 Å². The number of hydrogen-bond donors (Lipinski definition) is 0. The van der Waals surface area contributed by atoms with Gasteiger partial charge in [0.1, 0.15) is 11.6 Å². The number of aromatic nitrogens is 1. The van der Waals surface area contributed by atoms with Crippen molar-refractivity contribution in [3.05, 3.63) is 83.7 Å². The van der Waals surface area contributed by atoms with Crippen LogP contribution in [0.3, 0.4) is 0 Å². The molecule has 0 spiro atoms. The second-order valence-electron chi connectivity index (χ2n) is 9.35. The van der Waals surface area contributed by atoms with Crippen molar-refractivity contribution in [1.82, 2.24) is 9.29 Å². The molecule has 1 saturated heterocycles. The summed E-state index contributed by atoms with van der Waals surface area (Å²) in [7, 11) is -2.08. The summed E-state index contributed by atoms with van der Waals surface area (Å²) >= 11 is 1.26. The van der Waals surface area contributed by atoms with E-state index in [1.54, 1.807) is 31.4 Å². The molecule has 2 heterocycles. The molecule has 0 saturated carbocycles. The normalized spacial score (nSPS) is 15.2. The first-order valence-electron chi connectivity index (χ1n) is 12.4. The van der Waals surface area contributed by atoms with E-state index in [0.29, 0.717) is 41.0 Å². The molecule has 3 aromatic carbocycles. The van der Waals surface area contributed by atoms with Gasteiger partial charge in [-0.1, -0.05) is 30.4 Å². The van der Waals surface area contributed by atoms with Gasteiger partial charge in [0.15, 0.2) is 0 Å². The molecule has 0 unspecified atom stereocenters. The van der Waals surface area contributed by atoms with Gasteiger partial charge in [-0.05, 0) is 78.9 Å². The van der Waals surface area contributed by atoms with E-state index >= 15 is 0 Å². The Hall–Kier alpha value is -3.67. The van der Waals surface area contributed by atoms with Crippen LogP contribution in [0, 0.1) is 11.7 Å². The van der Waals surface area contributed by atoms with Crippen molar-refractivity contribution >= 4 is 48.8 Å². The molecule has 1 fully saturated rings. The number of thiazole rings is 1. The summed E-state index contributed by atoms with van der Waals surface area (Å²) in [6.07, 6.45) is 3.09. The highest BCUT2D eigenvalue weighted by molar-refractivity contribution is 7.89. The Morgan fingerprint density at radius 2 is 1.79 bits per heavy atom. The van der Waals surface area contributed by atoms with E-state index in [4.69, 9.17) is 4.74 Å². The number of methoxy groups -OCH3 is 1. The Kier molecular flexibility index (Phi) is 7.74. The lowest BCUT2D eigenvalue weighted by Gasteiger charge is -2.29. The number of rotatable bonds is 7. The number of halogens is 1. The molecule has 5 rings (SSSR count). The molecule has 0 atom stereocenters. The maximum Gasteiger partial charge on any atom is 0.280 e. The maximum absolute atomic E-state index is 13.7. The van der Waals surface area contributed by atoms with Crippen molar-refractivity contribution in [2.75, 3.05) is 25.2 Å². The lowest BCUT2D eigenvalue weighted by atomic mass is 10.0. The summed E-state index contributed by atoms with van der Waals surface area (Å²) in [5, 5.41) is 5.87. The highest BCUT2D eigenvalue weighted by Crippen LogP contribution is 2.33. The quantitative estimate of drug-likeness (QED) is 0.216. The Morgan fingerprint density at radius 1 is 1.10 bits per heavy atom. The minimum atomic E-state index is -3.65. The molecule has 0 radical (unpaired) electrons. The third-order valence-corrected chi connectivity index (χ3v) is 9.54. The molecule has 1 aromatic heterocycles.